The van der Waals surface area contributed by atoms with Crippen LogP contribution >= 0.6 is 0 Å². The van der Waals surface area contributed by atoms with Crippen molar-refractivity contribution in [1.29, 1.82) is 5.26 Å². The molecule has 0 aromatic heterocycles. The fourth-order valence-electron chi connectivity index (χ4n) is 2.68. The number of nitrogens with zero attached hydrogens (tertiary/aromatic N) is 2. The van der Waals surface area contributed by atoms with Crippen LogP contribution in [0, 0.1) is 16.7 Å². The molecule has 1 aliphatic heterocycles. The first-order valence-electron chi connectivity index (χ1n) is 7.00. The normalized spacial score (nSPS) is 17.2. The van der Waals surface area contributed by atoms with E-state index >= 15 is 0 Å². The van der Waals surface area contributed by atoms with Crippen molar-refractivity contribution >= 4 is 5.91 Å². The van der Waals surface area contributed by atoms with Crippen molar-refractivity contribution in [1.82, 2.24) is 10.2 Å². The van der Waals surface area contributed by atoms with Gasteiger partial charge in [0.1, 0.15) is 0 Å². The Hall–Kier alpha value is -1.86. The summed E-state index contributed by atoms with van der Waals surface area (Å²) in [5.41, 5.74) is 1.46. The number of rotatable bonds is 3. The largest absolute Gasteiger partial charge is 0.341 e. The Balaban J connectivity index is 2.01. The Morgan fingerprint density at radius 2 is 1.95 bits per heavy atom. The molecule has 1 fully saturated rings. The van der Waals surface area contributed by atoms with Crippen LogP contribution in [0.3, 0.4) is 0 Å². The van der Waals surface area contributed by atoms with E-state index in [-0.39, 0.29) is 11.3 Å². The Kier molecular flexibility index (Phi) is 4.41. The number of hydrogen-bond acceptors (Lipinski definition) is 3. The number of piperidine rings is 1. The van der Waals surface area contributed by atoms with E-state index in [1.54, 1.807) is 17.0 Å². The van der Waals surface area contributed by atoms with E-state index in [1.807, 2.05) is 19.2 Å². The first kappa shape index (κ1) is 14.5. The molecule has 0 bridgehead atoms. The molecule has 0 saturated carbocycles. The minimum atomic E-state index is -0.243. The van der Waals surface area contributed by atoms with Crippen LogP contribution in [-0.2, 0) is 11.3 Å². The molecule has 20 heavy (non-hydrogen) atoms. The molecule has 0 spiro atoms. The number of nitrogens with one attached hydrogen (secondary N) is 1. The molecular formula is C16H21N3O. The first-order valence-corrected chi connectivity index (χ1v) is 7.00. The molecule has 1 aromatic rings. The smallest absolute Gasteiger partial charge is 0.228 e. The lowest BCUT2D eigenvalue weighted by Gasteiger charge is -2.36. The van der Waals surface area contributed by atoms with Crippen LogP contribution < -0.4 is 5.32 Å². The molecule has 0 unspecified atom stereocenters. The van der Waals surface area contributed by atoms with Gasteiger partial charge >= 0.3 is 0 Å². The van der Waals surface area contributed by atoms with Crippen LogP contribution in [0.2, 0.25) is 0 Å². The summed E-state index contributed by atoms with van der Waals surface area (Å²) in [7, 11) is 1.85. The highest BCUT2D eigenvalue weighted by Crippen LogP contribution is 2.30. The van der Waals surface area contributed by atoms with Gasteiger partial charge in [-0.1, -0.05) is 19.1 Å². The van der Waals surface area contributed by atoms with E-state index < -0.39 is 0 Å². The minimum absolute atomic E-state index is 0.211. The lowest BCUT2D eigenvalue weighted by molar-refractivity contribution is -0.141. The number of nitriles is 1. The molecule has 2 rings (SSSR count). The van der Waals surface area contributed by atoms with Crippen LogP contribution in [0.5, 0.6) is 0 Å². The zero-order valence-electron chi connectivity index (χ0n) is 12.1. The van der Waals surface area contributed by atoms with Crippen molar-refractivity contribution in [3.63, 3.8) is 0 Å². The van der Waals surface area contributed by atoms with Crippen molar-refractivity contribution < 1.29 is 4.79 Å². The second-order valence-electron chi connectivity index (χ2n) is 5.78. The van der Waals surface area contributed by atoms with Gasteiger partial charge in [-0.25, -0.2) is 0 Å². The summed E-state index contributed by atoms with van der Waals surface area (Å²) in [5, 5.41) is 12.1. The van der Waals surface area contributed by atoms with E-state index in [1.165, 1.54) is 0 Å². The highest BCUT2D eigenvalue weighted by atomic mass is 16.2. The van der Waals surface area contributed by atoms with Crippen molar-refractivity contribution in [2.45, 2.75) is 26.3 Å². The molecule has 106 valence electrons. The highest BCUT2D eigenvalue weighted by Gasteiger charge is 2.36. The van der Waals surface area contributed by atoms with Gasteiger partial charge < -0.3 is 10.2 Å². The Bertz CT molecular complexity index is 510. The van der Waals surface area contributed by atoms with E-state index in [0.29, 0.717) is 12.1 Å². The SMILES string of the molecule is CN(Cc1ccc(C#N)cc1)C(=O)C1(C)CCNCC1. The van der Waals surface area contributed by atoms with Gasteiger partial charge in [0.25, 0.3) is 0 Å². The second kappa shape index (κ2) is 6.06. The number of benzene rings is 1. The van der Waals surface area contributed by atoms with Crippen LogP contribution in [-0.4, -0.2) is 30.9 Å². The van der Waals surface area contributed by atoms with E-state index in [0.717, 1.165) is 31.5 Å². The highest BCUT2D eigenvalue weighted by molar-refractivity contribution is 5.82. The molecule has 1 saturated heterocycles. The third-order valence-electron chi connectivity index (χ3n) is 4.07. The molecule has 1 amide bonds. The molecule has 1 heterocycles. The lowest BCUT2D eigenvalue weighted by atomic mass is 9.79. The maximum Gasteiger partial charge on any atom is 0.228 e. The number of amides is 1. The van der Waals surface area contributed by atoms with E-state index in [4.69, 9.17) is 5.26 Å². The zero-order chi connectivity index (χ0) is 14.6. The second-order valence-corrected chi connectivity index (χ2v) is 5.78. The van der Waals surface area contributed by atoms with Crippen molar-refractivity contribution in [2.24, 2.45) is 5.41 Å². The van der Waals surface area contributed by atoms with Crippen LogP contribution in [0.1, 0.15) is 30.9 Å². The quantitative estimate of drug-likeness (QED) is 0.913. The Morgan fingerprint density at radius 3 is 2.50 bits per heavy atom. The Labute approximate surface area is 120 Å². The summed E-state index contributed by atoms with van der Waals surface area (Å²) >= 11 is 0. The number of hydrogen-bond donors (Lipinski definition) is 1. The summed E-state index contributed by atoms with van der Waals surface area (Å²) < 4.78 is 0. The van der Waals surface area contributed by atoms with Crippen molar-refractivity contribution in [3.05, 3.63) is 35.4 Å². The monoisotopic (exact) mass is 271 g/mol. The van der Waals surface area contributed by atoms with Gasteiger partial charge in [0.15, 0.2) is 0 Å². The lowest BCUT2D eigenvalue weighted by Crippen LogP contribution is -2.46. The van der Waals surface area contributed by atoms with E-state index in [9.17, 15) is 4.79 Å². The van der Waals surface area contributed by atoms with Crippen molar-refractivity contribution in [2.75, 3.05) is 20.1 Å². The third kappa shape index (κ3) is 3.17. The molecule has 1 aliphatic rings. The summed E-state index contributed by atoms with van der Waals surface area (Å²) in [4.78, 5) is 14.4. The van der Waals surface area contributed by atoms with Gasteiger partial charge in [0, 0.05) is 19.0 Å². The van der Waals surface area contributed by atoms with Gasteiger partial charge in [-0.2, -0.15) is 5.26 Å². The summed E-state index contributed by atoms with van der Waals surface area (Å²) in [6, 6.07) is 9.50. The topological polar surface area (TPSA) is 56.1 Å². The van der Waals surface area contributed by atoms with Gasteiger partial charge in [-0.3, -0.25) is 4.79 Å². The average Bonchev–Trinajstić information content (AvgIpc) is 2.48. The summed E-state index contributed by atoms with van der Waals surface area (Å²) in [6.07, 6.45) is 1.78. The van der Waals surface area contributed by atoms with Gasteiger partial charge in [0.05, 0.1) is 11.6 Å². The molecule has 4 heteroatoms. The summed E-state index contributed by atoms with van der Waals surface area (Å²) in [6.45, 7) is 4.47. The maximum atomic E-state index is 12.6. The van der Waals surface area contributed by atoms with Gasteiger partial charge in [-0.05, 0) is 43.6 Å². The fraction of sp³-hybridized carbons (Fsp3) is 0.500. The average molecular weight is 271 g/mol. The fourth-order valence-corrected chi connectivity index (χ4v) is 2.68. The molecular weight excluding hydrogens is 250 g/mol. The minimum Gasteiger partial charge on any atom is -0.341 e. The van der Waals surface area contributed by atoms with Gasteiger partial charge in [0.2, 0.25) is 5.91 Å². The van der Waals surface area contributed by atoms with Crippen LogP contribution in [0.25, 0.3) is 0 Å². The van der Waals surface area contributed by atoms with Crippen LogP contribution in [0.4, 0.5) is 0 Å². The first-order chi connectivity index (χ1) is 9.55. The zero-order valence-corrected chi connectivity index (χ0v) is 12.1. The number of carbonyl (C=O) groups excluding carboxylic acids is 1. The summed E-state index contributed by atoms with van der Waals surface area (Å²) in [5.74, 6) is 0.211. The van der Waals surface area contributed by atoms with E-state index in [2.05, 4.69) is 18.3 Å². The Morgan fingerprint density at radius 1 is 1.35 bits per heavy atom. The van der Waals surface area contributed by atoms with Crippen LogP contribution in [0.15, 0.2) is 24.3 Å². The molecule has 1 N–H and O–H groups in total. The number of carbonyl (C=O) groups is 1. The van der Waals surface area contributed by atoms with Crippen molar-refractivity contribution in [3.8, 4) is 6.07 Å². The molecule has 0 atom stereocenters. The maximum absolute atomic E-state index is 12.6. The standard InChI is InChI=1S/C16H21N3O/c1-16(7-9-18-10-8-16)15(20)19(2)12-14-5-3-13(11-17)4-6-14/h3-6,18H,7-10,12H2,1-2H3. The van der Waals surface area contributed by atoms with Gasteiger partial charge in [-0.15, -0.1) is 0 Å². The molecule has 0 radical (unpaired) electrons. The molecule has 0 aliphatic carbocycles. The molecule has 1 aromatic carbocycles. The third-order valence-corrected chi connectivity index (χ3v) is 4.07. The predicted octanol–water partition coefficient (Wildman–Crippen LogP) is 1.91. The predicted molar refractivity (Wildman–Crippen MR) is 77.8 cm³/mol. The molecule has 4 nitrogen and oxygen atoms in total.